The molecule has 2 atom stereocenters. The van der Waals surface area contributed by atoms with E-state index in [1.54, 1.807) is 0 Å². The lowest BCUT2D eigenvalue weighted by Crippen LogP contribution is -2.18. The van der Waals surface area contributed by atoms with Crippen LogP contribution in [0.15, 0.2) is 0 Å². The van der Waals surface area contributed by atoms with Crippen LogP contribution in [0.4, 0.5) is 0 Å². The third-order valence-corrected chi connectivity index (χ3v) is 2.96. The number of nitrogens with one attached hydrogen (secondary N) is 1. The Balaban J connectivity index is 2.41. The number of tetrazole rings is 1. The molecule has 0 bridgehead atoms. The number of hydrogen-bond acceptors (Lipinski definition) is 4. The second-order valence-electron chi connectivity index (χ2n) is 4.54. The van der Waals surface area contributed by atoms with E-state index in [1.807, 2.05) is 0 Å². The van der Waals surface area contributed by atoms with Crippen molar-refractivity contribution in [1.29, 1.82) is 0 Å². The van der Waals surface area contributed by atoms with Crippen LogP contribution in [-0.2, 0) is 11.2 Å². The number of rotatable bonds is 8. The number of carbonyl (C=O) groups is 1. The van der Waals surface area contributed by atoms with Crippen molar-refractivity contribution in [2.24, 2.45) is 11.8 Å². The van der Waals surface area contributed by atoms with E-state index in [9.17, 15) is 4.79 Å². The van der Waals surface area contributed by atoms with Crippen LogP contribution in [-0.4, -0.2) is 31.7 Å². The predicted molar refractivity (Wildman–Crippen MR) is 62.3 cm³/mol. The molecule has 1 aromatic rings. The molecule has 1 unspecified atom stereocenters. The molecule has 0 aliphatic rings. The minimum atomic E-state index is -0.779. The van der Waals surface area contributed by atoms with Crippen molar-refractivity contribution in [1.82, 2.24) is 20.6 Å². The molecule has 0 saturated heterocycles. The lowest BCUT2D eigenvalue weighted by atomic mass is 9.92. The Morgan fingerprint density at radius 3 is 2.71 bits per heavy atom. The van der Waals surface area contributed by atoms with Crippen molar-refractivity contribution >= 4 is 5.97 Å². The van der Waals surface area contributed by atoms with Gasteiger partial charge in [0, 0.05) is 6.42 Å². The van der Waals surface area contributed by atoms with E-state index < -0.39 is 11.9 Å². The maximum Gasteiger partial charge on any atom is 0.306 e. The number of carboxylic acid groups (broad SMARTS) is 1. The summed E-state index contributed by atoms with van der Waals surface area (Å²) in [7, 11) is 0. The summed E-state index contributed by atoms with van der Waals surface area (Å²) in [6.07, 6.45) is 4.25. The second kappa shape index (κ2) is 6.98. The highest BCUT2D eigenvalue weighted by Crippen LogP contribution is 2.19. The van der Waals surface area contributed by atoms with Crippen LogP contribution in [0.2, 0.25) is 0 Å². The van der Waals surface area contributed by atoms with Gasteiger partial charge in [0.2, 0.25) is 0 Å². The van der Waals surface area contributed by atoms with Gasteiger partial charge in [-0.25, -0.2) is 0 Å². The normalized spacial score (nSPS) is 14.5. The maximum absolute atomic E-state index is 11.1. The molecule has 2 N–H and O–H groups in total. The monoisotopic (exact) mass is 240 g/mol. The average molecular weight is 240 g/mol. The molecule has 0 saturated carbocycles. The van der Waals surface area contributed by atoms with Crippen molar-refractivity contribution in [2.45, 2.75) is 46.0 Å². The van der Waals surface area contributed by atoms with E-state index in [-0.39, 0.29) is 0 Å². The summed E-state index contributed by atoms with van der Waals surface area (Å²) < 4.78 is 0. The summed E-state index contributed by atoms with van der Waals surface area (Å²) in [6, 6.07) is 0. The first-order chi connectivity index (χ1) is 8.13. The van der Waals surface area contributed by atoms with Crippen LogP contribution >= 0.6 is 0 Å². The largest absolute Gasteiger partial charge is 0.481 e. The fourth-order valence-corrected chi connectivity index (χ4v) is 1.93. The summed E-state index contributed by atoms with van der Waals surface area (Å²) in [6.45, 7) is 4.31. The van der Waals surface area contributed by atoms with E-state index in [0.29, 0.717) is 24.6 Å². The van der Waals surface area contributed by atoms with Crippen molar-refractivity contribution in [3.05, 3.63) is 5.82 Å². The molecule has 17 heavy (non-hydrogen) atoms. The lowest BCUT2D eigenvalue weighted by molar-refractivity contribution is -0.142. The first kappa shape index (κ1) is 13.6. The zero-order valence-corrected chi connectivity index (χ0v) is 10.4. The maximum atomic E-state index is 11.1. The Labute approximate surface area is 101 Å². The van der Waals surface area contributed by atoms with Crippen LogP contribution in [0.5, 0.6) is 0 Å². The smallest absolute Gasteiger partial charge is 0.306 e. The van der Waals surface area contributed by atoms with Gasteiger partial charge >= 0.3 is 5.97 Å². The van der Waals surface area contributed by atoms with Crippen molar-refractivity contribution in [3.8, 4) is 0 Å². The topological polar surface area (TPSA) is 91.8 Å². The Hall–Kier alpha value is -1.46. The summed E-state index contributed by atoms with van der Waals surface area (Å²) in [5.74, 6) is -0.141. The Bertz CT molecular complexity index is 326. The zero-order chi connectivity index (χ0) is 12.7. The number of H-pyrrole nitrogens is 1. The molecule has 0 aliphatic heterocycles. The minimum Gasteiger partial charge on any atom is -0.481 e. The van der Waals surface area contributed by atoms with Gasteiger partial charge in [0.05, 0.1) is 5.92 Å². The highest BCUT2D eigenvalue weighted by atomic mass is 16.4. The van der Waals surface area contributed by atoms with Crippen LogP contribution in [0.25, 0.3) is 0 Å². The number of nitrogens with zero attached hydrogens (tertiary/aromatic N) is 3. The van der Waals surface area contributed by atoms with E-state index in [4.69, 9.17) is 5.11 Å². The second-order valence-corrected chi connectivity index (χ2v) is 4.54. The third kappa shape index (κ3) is 4.93. The molecule has 1 aromatic heterocycles. The van der Waals surface area contributed by atoms with Crippen molar-refractivity contribution in [2.75, 3.05) is 0 Å². The molecule has 0 fully saturated rings. The molecule has 6 heteroatoms. The average Bonchev–Trinajstić information content (AvgIpc) is 2.76. The van der Waals surface area contributed by atoms with Gasteiger partial charge < -0.3 is 5.11 Å². The van der Waals surface area contributed by atoms with E-state index in [0.717, 1.165) is 19.3 Å². The molecule has 1 heterocycles. The fraction of sp³-hybridized carbons (Fsp3) is 0.818. The Morgan fingerprint density at radius 2 is 2.18 bits per heavy atom. The summed E-state index contributed by atoms with van der Waals surface area (Å²) in [5, 5.41) is 22.5. The Kier molecular flexibility index (Phi) is 5.59. The van der Waals surface area contributed by atoms with E-state index in [1.165, 1.54) is 0 Å². The molecule has 1 rings (SSSR count). The lowest BCUT2D eigenvalue weighted by Gasteiger charge is -2.14. The third-order valence-electron chi connectivity index (χ3n) is 2.96. The molecule has 0 aromatic carbocycles. The van der Waals surface area contributed by atoms with Gasteiger partial charge in [0.15, 0.2) is 5.82 Å². The Morgan fingerprint density at radius 1 is 1.41 bits per heavy atom. The van der Waals surface area contributed by atoms with E-state index in [2.05, 4.69) is 34.5 Å². The van der Waals surface area contributed by atoms with Crippen LogP contribution in [0.3, 0.4) is 0 Å². The van der Waals surface area contributed by atoms with Crippen LogP contribution in [0.1, 0.15) is 45.4 Å². The molecule has 96 valence electrons. The number of carboxylic acids is 1. The highest BCUT2D eigenvalue weighted by Gasteiger charge is 2.20. The van der Waals surface area contributed by atoms with Crippen LogP contribution < -0.4 is 0 Å². The molecule has 0 aliphatic carbocycles. The zero-order valence-electron chi connectivity index (χ0n) is 10.4. The number of aromatic nitrogens is 4. The summed E-state index contributed by atoms with van der Waals surface area (Å²) >= 11 is 0. The molecule has 6 nitrogen and oxygen atoms in total. The minimum absolute atomic E-state index is 0.352. The van der Waals surface area contributed by atoms with Gasteiger partial charge in [-0.1, -0.05) is 31.9 Å². The van der Waals surface area contributed by atoms with Gasteiger partial charge in [-0.3, -0.25) is 4.79 Å². The van der Waals surface area contributed by atoms with E-state index >= 15 is 0 Å². The summed E-state index contributed by atoms with van der Waals surface area (Å²) in [4.78, 5) is 11.1. The van der Waals surface area contributed by atoms with Gasteiger partial charge in [-0.05, 0) is 18.8 Å². The molecular weight excluding hydrogens is 220 g/mol. The molecule has 0 spiro atoms. The van der Waals surface area contributed by atoms with Gasteiger partial charge in [-0.15, -0.1) is 10.2 Å². The number of aliphatic carboxylic acids is 1. The molecule has 0 amide bonds. The highest BCUT2D eigenvalue weighted by molar-refractivity contribution is 5.70. The fourth-order valence-electron chi connectivity index (χ4n) is 1.93. The van der Waals surface area contributed by atoms with Crippen LogP contribution in [0, 0.1) is 11.8 Å². The first-order valence-electron chi connectivity index (χ1n) is 6.08. The van der Waals surface area contributed by atoms with Crippen molar-refractivity contribution < 1.29 is 9.90 Å². The SMILES string of the molecule is CCCC(C)CC[C@@H](Cc1nn[nH]n1)C(=O)O. The predicted octanol–water partition coefficient (Wildman–Crippen LogP) is 1.66. The molecule has 0 radical (unpaired) electrons. The number of aromatic amines is 1. The first-order valence-corrected chi connectivity index (χ1v) is 6.08. The molecular formula is C11H20N4O2. The standard InChI is InChI=1S/C11H20N4O2/c1-3-4-8(2)5-6-9(11(16)17)7-10-12-14-15-13-10/h8-9H,3-7H2,1-2H3,(H,16,17)(H,12,13,14,15)/t8?,9-/m0/s1. The quantitative estimate of drug-likeness (QED) is 0.721. The van der Waals surface area contributed by atoms with Gasteiger partial charge in [0.1, 0.15) is 0 Å². The van der Waals surface area contributed by atoms with Crippen molar-refractivity contribution in [3.63, 3.8) is 0 Å². The van der Waals surface area contributed by atoms with Gasteiger partial charge in [-0.2, -0.15) is 5.21 Å². The number of hydrogen-bond donors (Lipinski definition) is 2. The van der Waals surface area contributed by atoms with Gasteiger partial charge in [0.25, 0.3) is 0 Å². The summed E-state index contributed by atoms with van der Waals surface area (Å²) in [5.41, 5.74) is 0.